The Balaban J connectivity index is 1.75. The van der Waals surface area contributed by atoms with Crippen LogP contribution in [0.4, 0.5) is 0 Å². The number of hydrogen-bond acceptors (Lipinski definition) is 5. The van der Waals surface area contributed by atoms with Crippen molar-refractivity contribution in [1.82, 2.24) is 4.90 Å². The van der Waals surface area contributed by atoms with E-state index in [9.17, 15) is 19.8 Å². The van der Waals surface area contributed by atoms with E-state index in [0.717, 1.165) is 25.7 Å². The molecule has 3 heterocycles. The number of ether oxygens (including phenoxy) is 1. The maximum Gasteiger partial charge on any atom is 0.309 e. The highest BCUT2D eigenvalue weighted by Gasteiger charge is 2.72. The number of aliphatic hydroxyl groups excluding tert-OH is 2. The molecule has 6 nitrogen and oxygen atoms in total. The third-order valence-corrected chi connectivity index (χ3v) is 9.34. The average molecular weight is 404 g/mol. The fourth-order valence-electron chi connectivity index (χ4n) is 7.95. The molecule has 4 fully saturated rings. The van der Waals surface area contributed by atoms with Crippen molar-refractivity contribution in [3.05, 3.63) is 11.1 Å². The Bertz CT molecular complexity index is 777. The van der Waals surface area contributed by atoms with Crippen molar-refractivity contribution in [3.63, 3.8) is 0 Å². The summed E-state index contributed by atoms with van der Waals surface area (Å²) < 4.78 is 5.16. The molecular weight excluding hydrogens is 370 g/mol. The van der Waals surface area contributed by atoms with E-state index in [1.54, 1.807) is 0 Å². The van der Waals surface area contributed by atoms with Crippen LogP contribution in [0.5, 0.6) is 0 Å². The maximum atomic E-state index is 14.2. The average Bonchev–Trinajstić information content (AvgIpc) is 3.28. The molecule has 6 heteroatoms. The predicted molar refractivity (Wildman–Crippen MR) is 106 cm³/mol. The standard InChI is InChI=1S/C23H33NO5/c1-13-10-24-11-15-5-3-14-4-6-16-17(20(27)29-2)9-23(19(14)16,21(24)28)22(15,12-25)8-7-18(13)26/h13,15-18,25-26H,3-12H2,1-2H3/t13-,15-,16+,17-,18-,22-,23?/m1/s1. The van der Waals surface area contributed by atoms with Crippen LogP contribution in [0.3, 0.4) is 0 Å². The number of fused-ring (bicyclic) bond motifs is 4. The van der Waals surface area contributed by atoms with E-state index in [2.05, 4.69) is 0 Å². The van der Waals surface area contributed by atoms with Gasteiger partial charge in [-0.1, -0.05) is 18.1 Å². The first kappa shape index (κ1) is 19.6. The summed E-state index contributed by atoms with van der Waals surface area (Å²) in [4.78, 5) is 28.9. The van der Waals surface area contributed by atoms with Gasteiger partial charge in [-0.2, -0.15) is 0 Å². The lowest BCUT2D eigenvalue weighted by atomic mass is 9.50. The number of methoxy groups -OCH3 is 1. The number of allylic oxidation sites excluding steroid dienone is 1. The van der Waals surface area contributed by atoms with Crippen LogP contribution < -0.4 is 0 Å². The maximum absolute atomic E-state index is 14.2. The van der Waals surface area contributed by atoms with Crippen LogP contribution in [0.25, 0.3) is 0 Å². The van der Waals surface area contributed by atoms with Crippen LogP contribution in [0.15, 0.2) is 11.1 Å². The summed E-state index contributed by atoms with van der Waals surface area (Å²) in [7, 11) is 1.43. The van der Waals surface area contributed by atoms with Gasteiger partial charge in [-0.3, -0.25) is 9.59 Å². The summed E-state index contributed by atoms with van der Waals surface area (Å²) in [5.41, 5.74) is 1.15. The molecule has 160 valence electrons. The van der Waals surface area contributed by atoms with Crippen LogP contribution in [0, 0.1) is 34.5 Å². The van der Waals surface area contributed by atoms with Gasteiger partial charge >= 0.3 is 5.97 Å². The summed E-state index contributed by atoms with van der Waals surface area (Å²) in [5, 5.41) is 21.6. The third kappa shape index (κ3) is 2.30. The minimum Gasteiger partial charge on any atom is -0.469 e. The van der Waals surface area contributed by atoms with Gasteiger partial charge in [-0.25, -0.2) is 0 Å². The molecule has 6 rings (SSSR count). The number of aliphatic hydroxyl groups is 2. The van der Waals surface area contributed by atoms with Gasteiger partial charge in [-0.15, -0.1) is 0 Å². The van der Waals surface area contributed by atoms with E-state index in [1.165, 1.54) is 18.3 Å². The van der Waals surface area contributed by atoms with E-state index in [4.69, 9.17) is 4.74 Å². The zero-order valence-corrected chi connectivity index (χ0v) is 17.5. The number of esters is 1. The highest BCUT2D eigenvalue weighted by molar-refractivity contribution is 5.92. The van der Waals surface area contributed by atoms with Gasteiger partial charge in [0.05, 0.1) is 31.2 Å². The minimum atomic E-state index is -0.805. The van der Waals surface area contributed by atoms with Crippen LogP contribution in [-0.4, -0.2) is 59.9 Å². The molecule has 0 aromatic carbocycles. The number of rotatable bonds is 2. The Kier molecular flexibility index (Phi) is 4.42. The lowest BCUT2D eigenvalue weighted by Gasteiger charge is -2.57. The second-order valence-corrected chi connectivity index (χ2v) is 10.2. The van der Waals surface area contributed by atoms with Crippen molar-refractivity contribution in [2.75, 3.05) is 26.8 Å². The molecule has 1 unspecified atom stereocenters. The largest absolute Gasteiger partial charge is 0.469 e. The van der Waals surface area contributed by atoms with Gasteiger partial charge in [0.25, 0.3) is 0 Å². The first-order valence-electron chi connectivity index (χ1n) is 11.3. The lowest BCUT2D eigenvalue weighted by molar-refractivity contribution is -0.171. The van der Waals surface area contributed by atoms with Crippen LogP contribution in [-0.2, 0) is 14.3 Å². The highest BCUT2D eigenvalue weighted by atomic mass is 16.5. The quantitative estimate of drug-likeness (QED) is 0.543. The molecule has 0 radical (unpaired) electrons. The first-order chi connectivity index (χ1) is 13.9. The van der Waals surface area contributed by atoms with Crippen LogP contribution in [0.1, 0.15) is 51.9 Å². The fraction of sp³-hybridized carbons (Fsp3) is 0.826. The molecule has 0 aromatic heterocycles. The molecule has 1 saturated carbocycles. The van der Waals surface area contributed by atoms with Crippen molar-refractivity contribution in [1.29, 1.82) is 0 Å². The molecule has 3 saturated heterocycles. The predicted octanol–water partition coefficient (Wildman–Crippen LogP) is 1.89. The highest BCUT2D eigenvalue weighted by Crippen LogP contribution is 2.71. The van der Waals surface area contributed by atoms with Crippen molar-refractivity contribution < 1.29 is 24.5 Å². The molecule has 0 aromatic rings. The van der Waals surface area contributed by atoms with Gasteiger partial charge in [0.15, 0.2) is 0 Å². The number of piperidine rings is 1. The Morgan fingerprint density at radius 1 is 1.24 bits per heavy atom. The summed E-state index contributed by atoms with van der Waals surface area (Å²) in [6, 6.07) is 0. The summed E-state index contributed by atoms with van der Waals surface area (Å²) >= 11 is 0. The number of nitrogens with zero attached hydrogens (tertiary/aromatic N) is 1. The number of carbonyl (C=O) groups is 2. The minimum absolute atomic E-state index is 0.00984. The zero-order valence-electron chi connectivity index (χ0n) is 17.5. The lowest BCUT2D eigenvalue weighted by Crippen LogP contribution is -2.64. The van der Waals surface area contributed by atoms with E-state index in [1.807, 2.05) is 11.8 Å². The normalized spacial score (nSPS) is 46.1. The van der Waals surface area contributed by atoms with Crippen molar-refractivity contribution in [2.45, 2.75) is 58.0 Å². The van der Waals surface area contributed by atoms with Crippen molar-refractivity contribution in [3.8, 4) is 0 Å². The molecule has 1 spiro atoms. The fourth-order valence-corrected chi connectivity index (χ4v) is 7.95. The second kappa shape index (κ2) is 6.55. The first-order valence-corrected chi connectivity index (χ1v) is 11.3. The zero-order chi connectivity index (χ0) is 20.6. The Morgan fingerprint density at radius 2 is 2.00 bits per heavy atom. The van der Waals surface area contributed by atoms with Gasteiger partial charge in [-0.05, 0) is 62.7 Å². The van der Waals surface area contributed by atoms with Crippen LogP contribution >= 0.6 is 0 Å². The molecule has 29 heavy (non-hydrogen) atoms. The Labute approximate surface area is 172 Å². The molecule has 7 atom stereocenters. The molecular formula is C23H33NO5. The molecule has 3 aliphatic heterocycles. The second-order valence-electron chi connectivity index (χ2n) is 10.2. The summed E-state index contributed by atoms with van der Waals surface area (Å²) in [6.45, 7) is 3.16. The summed E-state index contributed by atoms with van der Waals surface area (Å²) in [6.07, 6.45) is 5.02. The van der Waals surface area contributed by atoms with Gasteiger partial charge in [0, 0.05) is 18.5 Å². The third-order valence-electron chi connectivity index (χ3n) is 9.34. The monoisotopic (exact) mass is 403 g/mol. The van der Waals surface area contributed by atoms with Gasteiger partial charge in [0.2, 0.25) is 5.91 Å². The molecule has 4 bridgehead atoms. The number of carbonyl (C=O) groups excluding carboxylic acids is 2. The smallest absolute Gasteiger partial charge is 0.309 e. The Hall–Kier alpha value is -1.40. The molecule has 1 amide bonds. The van der Waals surface area contributed by atoms with E-state index in [-0.39, 0.29) is 42.2 Å². The number of amides is 1. The Morgan fingerprint density at radius 3 is 2.72 bits per heavy atom. The SMILES string of the molecule is COC(=O)[C@@H]1CC23C(=O)N4C[C@@H](CCC5=C2[C@H]1CC5)[C@]3(CO)CC[C@@H](O)[C@H](C)C4. The topological polar surface area (TPSA) is 87.1 Å². The van der Waals surface area contributed by atoms with E-state index >= 15 is 0 Å². The van der Waals surface area contributed by atoms with E-state index in [0.29, 0.717) is 32.4 Å². The van der Waals surface area contributed by atoms with Gasteiger partial charge in [0.1, 0.15) is 0 Å². The van der Waals surface area contributed by atoms with Crippen molar-refractivity contribution >= 4 is 11.9 Å². The van der Waals surface area contributed by atoms with Crippen molar-refractivity contribution in [2.24, 2.45) is 34.5 Å². The van der Waals surface area contributed by atoms with Crippen LogP contribution in [0.2, 0.25) is 0 Å². The molecule has 6 aliphatic rings. The molecule has 2 N–H and O–H groups in total. The summed E-state index contributed by atoms with van der Waals surface area (Å²) in [5.74, 6) is -0.154. The van der Waals surface area contributed by atoms with E-state index < -0.39 is 16.9 Å². The number of hydrogen-bond donors (Lipinski definition) is 2. The van der Waals surface area contributed by atoms with Gasteiger partial charge < -0.3 is 19.8 Å². The molecule has 3 aliphatic carbocycles.